The Morgan fingerprint density at radius 2 is 1.34 bits per heavy atom. The monoisotopic (exact) mass is 696 g/mol. The standard InChI is InChI=1S/C50H36N2S/c1-3-13-33(14-4-1)36-25-29-47-43(31-36)41-27-28-42-44-32-38(26-30-48(44)53-50(42)49(41)52(47)37-19-5-2-6-20-37)51(45-23-11-17-34-15-7-9-21-39(34)45)46-24-12-18-35-16-8-10-22-40(35)46/h1-9,11-21,23-25,27-29,31-32H,10,22,26,30H2. The first-order valence-electron chi connectivity index (χ1n) is 18.7. The van der Waals surface area contributed by atoms with Crippen LogP contribution in [-0.4, -0.2) is 4.57 Å². The van der Waals surface area contributed by atoms with E-state index in [-0.39, 0.29) is 0 Å². The van der Waals surface area contributed by atoms with Crippen molar-refractivity contribution in [2.24, 2.45) is 0 Å². The van der Waals surface area contributed by atoms with Crippen molar-refractivity contribution in [2.45, 2.75) is 25.7 Å². The van der Waals surface area contributed by atoms with Crippen LogP contribution in [0.3, 0.4) is 0 Å². The molecule has 7 aromatic carbocycles. The van der Waals surface area contributed by atoms with Gasteiger partial charge in [0, 0.05) is 43.5 Å². The molecule has 0 saturated carbocycles. The van der Waals surface area contributed by atoms with E-state index in [1.807, 2.05) is 11.3 Å². The van der Waals surface area contributed by atoms with Crippen LogP contribution in [0.15, 0.2) is 163 Å². The van der Waals surface area contributed by atoms with Gasteiger partial charge >= 0.3 is 0 Å². The van der Waals surface area contributed by atoms with Gasteiger partial charge in [-0.1, -0.05) is 127 Å². The van der Waals surface area contributed by atoms with Crippen LogP contribution in [0.2, 0.25) is 0 Å². The van der Waals surface area contributed by atoms with E-state index in [4.69, 9.17) is 0 Å². The molecule has 0 saturated heterocycles. The molecule has 0 bridgehead atoms. The number of thiophene rings is 1. The maximum atomic E-state index is 2.59. The lowest BCUT2D eigenvalue weighted by Gasteiger charge is -2.33. The van der Waals surface area contributed by atoms with Crippen molar-refractivity contribution in [3.05, 3.63) is 185 Å². The SMILES string of the molecule is C1=Cc2cccc(N(C3=Cc4c(sc5c4ccc4c6cc(-c7ccccc7)ccc6n(-c6ccccc6)c45)CC3)c3cccc4ccccc34)c2CC1. The minimum Gasteiger partial charge on any atom is -0.313 e. The second-order valence-corrected chi connectivity index (χ2v) is 15.4. The van der Waals surface area contributed by atoms with E-state index >= 15 is 0 Å². The lowest BCUT2D eigenvalue weighted by molar-refractivity contribution is 0.901. The molecule has 0 spiro atoms. The number of fused-ring (bicyclic) bond motifs is 9. The van der Waals surface area contributed by atoms with Gasteiger partial charge < -0.3 is 9.47 Å². The zero-order valence-electron chi connectivity index (χ0n) is 29.3. The molecule has 3 heteroatoms. The molecule has 2 aliphatic rings. The Bertz CT molecular complexity index is 2940. The molecule has 0 radical (unpaired) electrons. The minimum absolute atomic E-state index is 0.980. The van der Waals surface area contributed by atoms with Crippen molar-refractivity contribution < 1.29 is 0 Å². The fourth-order valence-corrected chi connectivity index (χ4v) is 10.2. The van der Waals surface area contributed by atoms with Gasteiger partial charge in [-0.25, -0.2) is 0 Å². The molecular formula is C50H36N2S. The summed E-state index contributed by atoms with van der Waals surface area (Å²) in [7, 11) is 0. The topological polar surface area (TPSA) is 8.17 Å². The molecule has 0 amide bonds. The highest BCUT2D eigenvalue weighted by atomic mass is 32.1. The van der Waals surface area contributed by atoms with E-state index < -0.39 is 0 Å². The molecule has 0 atom stereocenters. The third-order valence-corrected chi connectivity index (χ3v) is 12.6. The fraction of sp³-hybridized carbons (Fsp3) is 0.0800. The van der Waals surface area contributed by atoms with Crippen molar-refractivity contribution >= 4 is 77.5 Å². The number of aryl methyl sites for hydroxylation is 1. The third kappa shape index (κ3) is 4.85. The van der Waals surface area contributed by atoms with Crippen molar-refractivity contribution in [1.29, 1.82) is 0 Å². The molecule has 0 unspecified atom stereocenters. The first-order valence-corrected chi connectivity index (χ1v) is 19.5. The first kappa shape index (κ1) is 30.5. The molecule has 0 fully saturated rings. The molecule has 9 aromatic rings. The fourth-order valence-electron chi connectivity index (χ4n) is 8.89. The third-order valence-electron chi connectivity index (χ3n) is 11.3. The Morgan fingerprint density at radius 3 is 2.25 bits per heavy atom. The van der Waals surface area contributed by atoms with Crippen LogP contribution in [0, 0.1) is 0 Å². The minimum atomic E-state index is 0.980. The van der Waals surface area contributed by atoms with Crippen molar-refractivity contribution in [1.82, 2.24) is 4.57 Å². The summed E-state index contributed by atoms with van der Waals surface area (Å²) in [4.78, 5) is 4.07. The van der Waals surface area contributed by atoms with Crippen LogP contribution in [0.5, 0.6) is 0 Å². The van der Waals surface area contributed by atoms with Gasteiger partial charge in [-0.3, -0.25) is 0 Å². The van der Waals surface area contributed by atoms with Gasteiger partial charge in [-0.05, 0) is 101 Å². The van der Waals surface area contributed by atoms with Gasteiger partial charge in [-0.2, -0.15) is 0 Å². The summed E-state index contributed by atoms with van der Waals surface area (Å²) in [6.45, 7) is 0. The van der Waals surface area contributed by atoms with E-state index in [0.717, 1.165) is 25.7 Å². The number of allylic oxidation sites excluding steroid dienone is 2. The number of anilines is 2. The summed E-state index contributed by atoms with van der Waals surface area (Å²) in [6.07, 6.45) is 11.3. The van der Waals surface area contributed by atoms with Gasteiger partial charge in [0.05, 0.1) is 21.4 Å². The van der Waals surface area contributed by atoms with Gasteiger partial charge in [-0.15, -0.1) is 11.3 Å². The summed E-state index contributed by atoms with van der Waals surface area (Å²) < 4.78 is 3.87. The zero-order valence-corrected chi connectivity index (χ0v) is 30.1. The van der Waals surface area contributed by atoms with Crippen LogP contribution in [0.25, 0.3) is 71.6 Å². The van der Waals surface area contributed by atoms with Gasteiger partial charge in [0.15, 0.2) is 0 Å². The van der Waals surface area contributed by atoms with E-state index in [9.17, 15) is 0 Å². The van der Waals surface area contributed by atoms with E-state index in [0.29, 0.717) is 0 Å². The normalized spacial score (nSPS) is 13.8. The lowest BCUT2D eigenvalue weighted by atomic mass is 9.92. The molecular weight excluding hydrogens is 661 g/mol. The quantitative estimate of drug-likeness (QED) is 0.174. The molecule has 11 rings (SSSR count). The number of nitrogens with zero attached hydrogens (tertiary/aromatic N) is 2. The maximum Gasteiger partial charge on any atom is 0.0719 e. The van der Waals surface area contributed by atoms with Crippen LogP contribution < -0.4 is 4.90 Å². The first-order chi connectivity index (χ1) is 26.3. The van der Waals surface area contributed by atoms with Crippen molar-refractivity contribution in [3.8, 4) is 16.8 Å². The number of aromatic nitrogens is 1. The molecule has 0 N–H and O–H groups in total. The molecule has 53 heavy (non-hydrogen) atoms. The van der Waals surface area contributed by atoms with Gasteiger partial charge in [0.1, 0.15) is 0 Å². The van der Waals surface area contributed by atoms with Crippen LogP contribution in [-0.2, 0) is 12.8 Å². The highest BCUT2D eigenvalue weighted by molar-refractivity contribution is 7.20. The van der Waals surface area contributed by atoms with E-state index in [2.05, 4.69) is 179 Å². The molecule has 2 heterocycles. The largest absolute Gasteiger partial charge is 0.313 e. The molecule has 2 aliphatic carbocycles. The predicted octanol–water partition coefficient (Wildman–Crippen LogP) is 13.9. The van der Waals surface area contributed by atoms with E-state index in [1.54, 1.807) is 0 Å². The Morgan fingerprint density at radius 1 is 0.566 bits per heavy atom. The number of benzene rings is 7. The summed E-state index contributed by atoms with van der Waals surface area (Å²) in [5, 5.41) is 6.49. The number of para-hydroxylation sites is 1. The average Bonchev–Trinajstić information content (AvgIpc) is 3.77. The highest BCUT2D eigenvalue weighted by Crippen LogP contribution is 2.48. The number of hydrogen-bond acceptors (Lipinski definition) is 2. The van der Waals surface area contributed by atoms with Crippen molar-refractivity contribution in [2.75, 3.05) is 4.90 Å². The molecule has 0 aliphatic heterocycles. The smallest absolute Gasteiger partial charge is 0.0719 e. The predicted molar refractivity (Wildman–Crippen MR) is 228 cm³/mol. The van der Waals surface area contributed by atoms with Crippen LogP contribution >= 0.6 is 11.3 Å². The zero-order chi connectivity index (χ0) is 34.9. The Balaban J connectivity index is 1.15. The lowest BCUT2D eigenvalue weighted by Crippen LogP contribution is -2.21. The molecule has 2 aromatic heterocycles. The summed E-state index contributed by atoms with van der Waals surface area (Å²) in [5.41, 5.74) is 14.3. The Labute approximate surface area is 313 Å². The van der Waals surface area contributed by atoms with Crippen LogP contribution in [0.4, 0.5) is 11.4 Å². The molecule has 252 valence electrons. The number of hydrogen-bond donors (Lipinski definition) is 0. The Kier molecular flexibility index (Phi) is 7.03. The van der Waals surface area contributed by atoms with E-state index in [1.165, 1.54) is 98.1 Å². The second kappa shape index (κ2) is 12.2. The summed E-state index contributed by atoms with van der Waals surface area (Å²) >= 11 is 1.99. The summed E-state index contributed by atoms with van der Waals surface area (Å²) in [6, 6.07) is 55.9. The number of rotatable bonds is 5. The summed E-state index contributed by atoms with van der Waals surface area (Å²) in [5.74, 6) is 0. The second-order valence-electron chi connectivity index (χ2n) is 14.3. The van der Waals surface area contributed by atoms with Gasteiger partial charge in [0.2, 0.25) is 0 Å². The van der Waals surface area contributed by atoms with Crippen LogP contribution in [0.1, 0.15) is 34.4 Å². The highest BCUT2D eigenvalue weighted by Gasteiger charge is 2.27. The maximum absolute atomic E-state index is 2.59. The van der Waals surface area contributed by atoms with Gasteiger partial charge in [0.25, 0.3) is 0 Å². The average molecular weight is 697 g/mol. The Hall–Kier alpha value is -6.16. The molecule has 2 nitrogen and oxygen atoms in total. The van der Waals surface area contributed by atoms with Crippen molar-refractivity contribution in [3.63, 3.8) is 0 Å².